The van der Waals surface area contributed by atoms with Gasteiger partial charge < -0.3 is 10.6 Å². The van der Waals surface area contributed by atoms with Crippen LogP contribution in [0.15, 0.2) is 36.7 Å². The van der Waals surface area contributed by atoms with Crippen molar-refractivity contribution >= 4 is 22.5 Å². The van der Waals surface area contributed by atoms with E-state index in [0.29, 0.717) is 30.4 Å². The van der Waals surface area contributed by atoms with E-state index in [-0.39, 0.29) is 34.2 Å². The number of alkyl halides is 5. The molecular formula is C21H19F6N5O. The topological polar surface area (TPSA) is 71.8 Å². The van der Waals surface area contributed by atoms with Crippen molar-refractivity contribution in [2.24, 2.45) is 0 Å². The van der Waals surface area contributed by atoms with Crippen LogP contribution in [0, 0.1) is 5.82 Å². The van der Waals surface area contributed by atoms with Crippen molar-refractivity contribution in [1.82, 2.24) is 20.1 Å². The van der Waals surface area contributed by atoms with E-state index >= 15 is 0 Å². The molecule has 2 aromatic heterocycles. The Hall–Kier alpha value is -3.31. The Morgan fingerprint density at radius 3 is 2.61 bits per heavy atom. The van der Waals surface area contributed by atoms with E-state index in [1.54, 1.807) is 0 Å². The summed E-state index contributed by atoms with van der Waals surface area (Å²) in [5.41, 5.74) is -1.01. The summed E-state index contributed by atoms with van der Waals surface area (Å²) in [4.78, 5) is 16.0. The predicted octanol–water partition coefficient (Wildman–Crippen LogP) is 5.14. The molecule has 2 atom stereocenters. The predicted molar refractivity (Wildman–Crippen MR) is 107 cm³/mol. The number of halogens is 6. The number of nitrogens with zero attached hydrogens (tertiary/aromatic N) is 3. The van der Waals surface area contributed by atoms with Crippen LogP contribution in [-0.4, -0.2) is 32.8 Å². The van der Waals surface area contributed by atoms with Gasteiger partial charge in [-0.05, 0) is 49.9 Å². The zero-order valence-electron chi connectivity index (χ0n) is 17.0. The molecule has 1 aliphatic carbocycles. The maximum absolute atomic E-state index is 13.8. The molecule has 0 unspecified atom stereocenters. The Morgan fingerprint density at radius 2 is 1.91 bits per heavy atom. The van der Waals surface area contributed by atoms with Gasteiger partial charge in [0.25, 0.3) is 5.91 Å². The molecule has 6 nitrogen and oxygen atoms in total. The minimum absolute atomic E-state index is 0.00503. The Morgan fingerprint density at radius 1 is 1.15 bits per heavy atom. The van der Waals surface area contributed by atoms with Crippen molar-refractivity contribution in [2.45, 2.75) is 50.5 Å². The standard InChI is InChI=1S/C21H19F6N5O/c22-12-4-5-16-15(6-12)17(8-18(31-16)21(25,26)27)29-13-2-1-3-14(7-13)30-19(33)11-9-28-32(10-11)20(23)24/h4-6,8-10,13-14,20H,1-3,7H2,(H,29,31)(H,30,33)/t13-,14+/m0/s1. The summed E-state index contributed by atoms with van der Waals surface area (Å²) in [7, 11) is 0. The number of anilines is 1. The first-order chi connectivity index (χ1) is 15.6. The fraction of sp³-hybridized carbons (Fsp3) is 0.381. The first-order valence-corrected chi connectivity index (χ1v) is 10.2. The van der Waals surface area contributed by atoms with Crippen LogP contribution in [0.25, 0.3) is 10.9 Å². The Bertz CT molecular complexity index is 1160. The summed E-state index contributed by atoms with van der Waals surface area (Å²) in [6.45, 7) is -2.86. The van der Waals surface area contributed by atoms with E-state index in [1.165, 1.54) is 6.07 Å². The molecule has 4 rings (SSSR count). The molecule has 1 aliphatic rings. The van der Waals surface area contributed by atoms with Crippen LogP contribution in [-0.2, 0) is 6.18 Å². The lowest BCUT2D eigenvalue weighted by Crippen LogP contribution is -2.41. The molecule has 3 aromatic rings. The number of carbonyl (C=O) groups excluding carboxylic acids is 1. The molecule has 1 amide bonds. The SMILES string of the molecule is O=C(N[C@@H]1CCC[C@H](Nc2cc(C(F)(F)F)nc3ccc(F)cc23)C1)c1cnn(C(F)F)c1. The van der Waals surface area contributed by atoms with E-state index < -0.39 is 30.1 Å². The Labute approximate surface area is 184 Å². The average Bonchev–Trinajstić information content (AvgIpc) is 3.24. The third-order valence-electron chi connectivity index (χ3n) is 5.49. The molecule has 0 radical (unpaired) electrons. The molecule has 12 heteroatoms. The third-order valence-corrected chi connectivity index (χ3v) is 5.49. The van der Waals surface area contributed by atoms with Crippen LogP contribution in [0.1, 0.15) is 48.3 Å². The molecule has 1 aromatic carbocycles. The highest BCUT2D eigenvalue weighted by Gasteiger charge is 2.34. The van der Waals surface area contributed by atoms with Crippen LogP contribution < -0.4 is 10.6 Å². The fourth-order valence-electron chi connectivity index (χ4n) is 3.97. The van der Waals surface area contributed by atoms with Gasteiger partial charge >= 0.3 is 12.7 Å². The van der Waals surface area contributed by atoms with Gasteiger partial charge in [-0.15, -0.1) is 0 Å². The maximum Gasteiger partial charge on any atom is 0.433 e. The van der Waals surface area contributed by atoms with Crippen LogP contribution >= 0.6 is 0 Å². The fourth-order valence-corrected chi connectivity index (χ4v) is 3.97. The number of nitrogens with one attached hydrogen (secondary N) is 2. The van der Waals surface area contributed by atoms with Crippen molar-refractivity contribution in [3.8, 4) is 0 Å². The molecule has 0 saturated heterocycles. The molecule has 33 heavy (non-hydrogen) atoms. The van der Waals surface area contributed by atoms with E-state index in [1.807, 2.05) is 0 Å². The minimum atomic E-state index is -4.68. The average molecular weight is 471 g/mol. The number of benzene rings is 1. The first-order valence-electron chi connectivity index (χ1n) is 10.2. The zero-order chi connectivity index (χ0) is 23.8. The molecule has 1 fully saturated rings. The molecule has 0 aliphatic heterocycles. The molecule has 2 N–H and O–H groups in total. The normalized spacial score (nSPS) is 19.1. The number of hydrogen-bond donors (Lipinski definition) is 2. The Balaban J connectivity index is 1.51. The van der Waals surface area contributed by atoms with Crippen LogP contribution in [0.3, 0.4) is 0 Å². The van der Waals surface area contributed by atoms with Gasteiger partial charge in [-0.3, -0.25) is 4.79 Å². The van der Waals surface area contributed by atoms with Gasteiger partial charge in [0.2, 0.25) is 0 Å². The van der Waals surface area contributed by atoms with Crippen molar-refractivity contribution in [2.75, 3.05) is 5.32 Å². The highest BCUT2D eigenvalue weighted by Crippen LogP contribution is 2.34. The lowest BCUT2D eigenvalue weighted by Gasteiger charge is -2.31. The zero-order valence-corrected chi connectivity index (χ0v) is 17.0. The number of carbonyl (C=O) groups is 1. The quantitative estimate of drug-likeness (QED) is 0.506. The third kappa shape index (κ3) is 5.20. The number of amides is 1. The maximum atomic E-state index is 13.8. The second-order valence-corrected chi connectivity index (χ2v) is 7.88. The number of pyridine rings is 1. The summed E-state index contributed by atoms with van der Waals surface area (Å²) >= 11 is 0. The largest absolute Gasteiger partial charge is 0.433 e. The summed E-state index contributed by atoms with van der Waals surface area (Å²) in [5.74, 6) is -1.17. The first kappa shape index (κ1) is 22.9. The lowest BCUT2D eigenvalue weighted by atomic mass is 9.90. The van der Waals surface area contributed by atoms with E-state index in [0.717, 1.165) is 30.6 Å². The summed E-state index contributed by atoms with van der Waals surface area (Å²) in [6, 6.07) is 3.57. The van der Waals surface area contributed by atoms with Gasteiger partial charge in [0.1, 0.15) is 11.5 Å². The number of hydrogen-bond acceptors (Lipinski definition) is 4. The smallest absolute Gasteiger partial charge is 0.382 e. The lowest BCUT2D eigenvalue weighted by molar-refractivity contribution is -0.140. The van der Waals surface area contributed by atoms with Gasteiger partial charge in [0.05, 0.1) is 17.3 Å². The van der Waals surface area contributed by atoms with E-state index in [2.05, 4.69) is 20.7 Å². The van der Waals surface area contributed by atoms with Crippen LogP contribution in [0.5, 0.6) is 0 Å². The summed E-state index contributed by atoms with van der Waals surface area (Å²) < 4.78 is 79.4. The number of aromatic nitrogens is 3. The number of rotatable bonds is 5. The second kappa shape index (κ2) is 8.91. The van der Waals surface area contributed by atoms with E-state index in [9.17, 15) is 31.1 Å². The van der Waals surface area contributed by atoms with Gasteiger partial charge in [0.15, 0.2) is 0 Å². The van der Waals surface area contributed by atoms with Gasteiger partial charge in [-0.2, -0.15) is 27.1 Å². The van der Waals surface area contributed by atoms with Crippen LogP contribution in [0.2, 0.25) is 0 Å². The number of fused-ring (bicyclic) bond motifs is 1. The molecule has 0 spiro atoms. The van der Waals surface area contributed by atoms with Crippen LogP contribution in [0.4, 0.5) is 32.0 Å². The molecule has 2 heterocycles. The van der Waals surface area contributed by atoms with Crippen molar-refractivity contribution in [1.29, 1.82) is 0 Å². The van der Waals surface area contributed by atoms with Gasteiger partial charge in [0, 0.05) is 29.4 Å². The van der Waals surface area contributed by atoms with Gasteiger partial charge in [-0.25, -0.2) is 14.1 Å². The molecule has 1 saturated carbocycles. The molecule has 176 valence electrons. The summed E-state index contributed by atoms with van der Waals surface area (Å²) in [6.07, 6.45) is -0.407. The molecule has 0 bridgehead atoms. The highest BCUT2D eigenvalue weighted by atomic mass is 19.4. The van der Waals surface area contributed by atoms with Gasteiger partial charge in [-0.1, -0.05) is 0 Å². The van der Waals surface area contributed by atoms with Crippen molar-refractivity contribution in [3.05, 3.63) is 53.7 Å². The molecular weight excluding hydrogens is 452 g/mol. The van der Waals surface area contributed by atoms with E-state index in [4.69, 9.17) is 0 Å². The Kier molecular flexibility index (Phi) is 6.17. The van der Waals surface area contributed by atoms with Crippen molar-refractivity contribution in [3.63, 3.8) is 0 Å². The van der Waals surface area contributed by atoms with Crippen molar-refractivity contribution < 1.29 is 31.1 Å². The highest BCUT2D eigenvalue weighted by molar-refractivity contribution is 5.94. The second-order valence-electron chi connectivity index (χ2n) is 7.88. The minimum Gasteiger partial charge on any atom is -0.382 e. The summed E-state index contributed by atoms with van der Waals surface area (Å²) in [5, 5.41) is 9.45. The monoisotopic (exact) mass is 471 g/mol.